The number of ether oxygens (including phenoxy) is 18. The normalized spacial score (nSPS) is 27.2. The van der Waals surface area contributed by atoms with Gasteiger partial charge in [-0.3, -0.25) is 28.8 Å². The first kappa shape index (κ1) is 82.4. The molecule has 3 heterocycles. The maximum Gasteiger partial charge on any atom is 0.302 e. The maximum absolute atomic E-state index is 12.6. The summed E-state index contributed by atoms with van der Waals surface area (Å²) in [5.41, 5.74) is 5.54. The number of hydrogen-bond acceptors (Lipinski definition) is 25. The summed E-state index contributed by atoms with van der Waals surface area (Å²) in [6.45, 7) is 29.3. The second-order valence-corrected chi connectivity index (χ2v) is 24.4. The van der Waals surface area contributed by atoms with Gasteiger partial charge in [-0.15, -0.1) is 0 Å². The van der Waals surface area contributed by atoms with E-state index in [2.05, 4.69) is 78.3 Å². The van der Waals surface area contributed by atoms with Crippen LogP contribution in [0.25, 0.3) is 0 Å². The largest absolute Gasteiger partial charge is 0.463 e. The van der Waals surface area contributed by atoms with Gasteiger partial charge in [0, 0.05) is 77.4 Å². The molecule has 0 aromatic heterocycles. The van der Waals surface area contributed by atoms with Gasteiger partial charge in [-0.05, 0) is 35.5 Å². The number of amides is 3. The van der Waals surface area contributed by atoms with E-state index < -0.39 is 24.4 Å². The lowest BCUT2D eigenvalue weighted by molar-refractivity contribution is -0.258. The Bertz CT molecular complexity index is 1820. The Morgan fingerprint density at radius 1 is 0.326 bits per heavy atom. The first-order valence-electron chi connectivity index (χ1n) is 33.0. The van der Waals surface area contributed by atoms with E-state index in [9.17, 15) is 28.8 Å². The standard InChI is InChI=1S/C64H116N4O24/c1-43-46(4)55(37-87-52(10)69)90-61(49(43)7)84-34-31-78-28-25-75-22-16-66-58(72)13-19-81-40-64(65,41-82-20-14-59(73)67-17-23-76-26-29-79-32-35-85-62-50(8)44(2)47(5)56(91-62)38-88-53(11)70)42-83-21-15-60(74)68-18-24-77-27-30-80-33-36-86-63-51(9)45(3)48(6)57(92-63)39-89-54(12)71/h43-51,55-57,61-63H,13-42,65H2,1-12H3,(H,66,72)(H,67,73)(H,68,74). The Balaban J connectivity index is 1.29. The number of hydrogen-bond donors (Lipinski definition) is 4. The van der Waals surface area contributed by atoms with Gasteiger partial charge in [0.15, 0.2) is 18.9 Å². The molecule has 3 rings (SSSR count). The predicted molar refractivity (Wildman–Crippen MR) is 333 cm³/mol. The van der Waals surface area contributed by atoms with Crippen molar-refractivity contribution < 1.29 is 114 Å². The van der Waals surface area contributed by atoms with E-state index in [-0.39, 0.29) is 208 Å². The van der Waals surface area contributed by atoms with Gasteiger partial charge in [0.05, 0.1) is 163 Å². The summed E-state index contributed by atoms with van der Waals surface area (Å²) in [6.07, 6.45) is -1.88. The van der Waals surface area contributed by atoms with Crippen LogP contribution in [0.5, 0.6) is 0 Å². The SMILES string of the molecule is CC(=O)OCC1OC(OCCOCCOCCNC(=O)CCOCC(N)(COCCC(=O)NCCOCCOCCOC2OC(COC(C)=O)C(C)C(C)C2C)COCCC(=O)NCCOCCOCCOC2OC(COC(C)=O)C(C)C(C)C2C)C(C)C(C)C1C. The summed E-state index contributed by atoms with van der Waals surface area (Å²) in [6, 6.07) is 0. The van der Waals surface area contributed by atoms with Gasteiger partial charge in [-0.1, -0.05) is 62.3 Å². The van der Waals surface area contributed by atoms with Crippen LogP contribution in [-0.2, 0) is 114 Å². The molecule has 28 nitrogen and oxygen atoms in total. The van der Waals surface area contributed by atoms with Crippen molar-refractivity contribution in [2.45, 2.75) is 145 Å². The first-order valence-corrected chi connectivity index (χ1v) is 33.0. The van der Waals surface area contributed by atoms with Gasteiger partial charge < -0.3 is 107 Å². The van der Waals surface area contributed by atoms with Gasteiger partial charge in [0.2, 0.25) is 17.7 Å². The summed E-state index contributed by atoms with van der Waals surface area (Å²) in [5, 5.41) is 8.41. The van der Waals surface area contributed by atoms with Crippen LogP contribution in [0.4, 0.5) is 0 Å². The summed E-state index contributed by atoms with van der Waals surface area (Å²) in [5.74, 6) is 0.235. The Morgan fingerprint density at radius 3 is 0.815 bits per heavy atom. The van der Waals surface area contributed by atoms with Crippen LogP contribution in [0, 0.1) is 53.3 Å². The van der Waals surface area contributed by atoms with Gasteiger partial charge in [-0.2, -0.15) is 0 Å². The van der Waals surface area contributed by atoms with Crippen molar-refractivity contribution in [3.63, 3.8) is 0 Å². The van der Waals surface area contributed by atoms with E-state index in [0.29, 0.717) is 97.0 Å². The predicted octanol–water partition coefficient (Wildman–Crippen LogP) is 2.99. The molecule has 3 aliphatic heterocycles. The fourth-order valence-corrected chi connectivity index (χ4v) is 10.3. The number of nitrogens with two attached hydrogens (primary N) is 1. The van der Waals surface area contributed by atoms with Crippen LogP contribution in [0.15, 0.2) is 0 Å². The summed E-state index contributed by atoms with van der Waals surface area (Å²) in [4.78, 5) is 71.9. The van der Waals surface area contributed by atoms with Crippen LogP contribution in [-0.4, -0.2) is 257 Å². The van der Waals surface area contributed by atoms with Crippen LogP contribution in [0.3, 0.4) is 0 Å². The minimum atomic E-state index is -1.19. The van der Waals surface area contributed by atoms with E-state index >= 15 is 0 Å². The molecule has 15 atom stereocenters. The van der Waals surface area contributed by atoms with Crippen molar-refractivity contribution in [2.75, 3.05) is 178 Å². The Hall–Kier alpha value is -3.82. The quantitative estimate of drug-likeness (QED) is 0.0386. The molecule has 5 N–H and O–H groups in total. The molecule has 0 spiro atoms. The lowest BCUT2D eigenvalue weighted by Gasteiger charge is -2.43. The minimum absolute atomic E-state index is 0.0466. The zero-order chi connectivity index (χ0) is 67.7. The maximum atomic E-state index is 12.6. The molecular weight excluding hydrogens is 1210 g/mol. The highest BCUT2D eigenvalue weighted by molar-refractivity contribution is 5.76. The van der Waals surface area contributed by atoms with Gasteiger partial charge >= 0.3 is 17.9 Å². The van der Waals surface area contributed by atoms with E-state index in [1.165, 1.54) is 20.8 Å². The Morgan fingerprint density at radius 2 is 0.565 bits per heavy atom. The number of esters is 3. The smallest absolute Gasteiger partial charge is 0.302 e. The number of rotatable bonds is 51. The molecule has 3 saturated heterocycles. The van der Waals surface area contributed by atoms with Gasteiger partial charge in [0.1, 0.15) is 19.8 Å². The Labute approximate surface area is 546 Å². The topological polar surface area (TPSA) is 331 Å². The average Bonchev–Trinajstić information content (AvgIpc) is 0.981. The number of carbonyl (C=O) groups excluding carboxylic acids is 6. The lowest BCUT2D eigenvalue weighted by atomic mass is 9.79. The van der Waals surface area contributed by atoms with Crippen LogP contribution >= 0.6 is 0 Å². The summed E-state index contributed by atoms with van der Waals surface area (Å²) < 4.78 is 103. The van der Waals surface area contributed by atoms with E-state index in [0.717, 1.165) is 0 Å². The van der Waals surface area contributed by atoms with Crippen LogP contribution in [0.1, 0.15) is 102 Å². The first-order chi connectivity index (χ1) is 44.0. The van der Waals surface area contributed by atoms with Crippen molar-refractivity contribution in [3.05, 3.63) is 0 Å². The molecule has 28 heteroatoms. The van der Waals surface area contributed by atoms with Gasteiger partial charge in [0.25, 0.3) is 0 Å². The third-order valence-corrected chi connectivity index (χ3v) is 17.2. The third kappa shape index (κ3) is 34.7. The van der Waals surface area contributed by atoms with Crippen molar-refractivity contribution in [3.8, 4) is 0 Å². The molecule has 0 aliphatic carbocycles. The van der Waals surface area contributed by atoms with Crippen molar-refractivity contribution >= 4 is 35.6 Å². The van der Waals surface area contributed by atoms with Crippen molar-refractivity contribution in [1.82, 2.24) is 16.0 Å². The Kier molecular flexibility index (Phi) is 43.0. The molecule has 15 unspecified atom stereocenters. The summed E-state index contributed by atoms with van der Waals surface area (Å²) in [7, 11) is 0. The van der Waals surface area contributed by atoms with E-state index in [4.69, 9.17) is 91.0 Å². The van der Waals surface area contributed by atoms with Crippen molar-refractivity contribution in [2.24, 2.45) is 59.0 Å². The van der Waals surface area contributed by atoms with Crippen LogP contribution in [0.2, 0.25) is 0 Å². The zero-order valence-corrected chi connectivity index (χ0v) is 57.2. The highest BCUT2D eigenvalue weighted by Crippen LogP contribution is 2.38. The molecule has 0 saturated carbocycles. The molecular formula is C64H116N4O24. The highest BCUT2D eigenvalue weighted by atomic mass is 16.7. The molecule has 0 radical (unpaired) electrons. The molecule has 0 aromatic carbocycles. The molecule has 0 aromatic rings. The molecule has 0 bridgehead atoms. The lowest BCUT2D eigenvalue weighted by Crippen LogP contribution is -2.53. The van der Waals surface area contributed by atoms with Crippen molar-refractivity contribution in [1.29, 1.82) is 0 Å². The van der Waals surface area contributed by atoms with E-state index in [1.807, 2.05) is 0 Å². The second-order valence-electron chi connectivity index (χ2n) is 24.4. The zero-order valence-electron chi connectivity index (χ0n) is 57.2. The fraction of sp³-hybridized carbons (Fsp3) is 0.906. The third-order valence-electron chi connectivity index (χ3n) is 17.2. The molecule has 92 heavy (non-hydrogen) atoms. The average molecular weight is 1330 g/mol. The second kappa shape index (κ2) is 48.0. The fourth-order valence-electron chi connectivity index (χ4n) is 10.3. The number of carbonyl (C=O) groups is 6. The monoisotopic (exact) mass is 1320 g/mol. The van der Waals surface area contributed by atoms with E-state index in [1.54, 1.807) is 0 Å². The molecule has 3 fully saturated rings. The van der Waals surface area contributed by atoms with Crippen LogP contribution < -0.4 is 21.7 Å². The minimum Gasteiger partial charge on any atom is -0.463 e. The molecule has 536 valence electrons. The summed E-state index contributed by atoms with van der Waals surface area (Å²) >= 11 is 0. The van der Waals surface area contributed by atoms with Gasteiger partial charge in [-0.25, -0.2) is 0 Å². The molecule has 3 amide bonds. The molecule has 3 aliphatic rings. The highest BCUT2D eigenvalue weighted by Gasteiger charge is 2.43. The number of nitrogens with one attached hydrogen (secondary N) is 3.